The number of nitrogen functional groups attached to an aromatic ring is 1. The number of hydrogen-bond acceptors (Lipinski definition) is 5. The zero-order chi connectivity index (χ0) is 10.6. The molecule has 0 aromatic carbocycles. The average Bonchev–Trinajstić information content (AvgIpc) is 2.12. The van der Waals surface area contributed by atoms with Crippen LogP contribution in [-0.4, -0.2) is 22.5 Å². The minimum Gasteiger partial charge on any atom is -0.466 e. The van der Waals surface area contributed by atoms with Crippen LogP contribution in [0, 0.1) is 0 Å². The third-order valence-electron chi connectivity index (χ3n) is 1.43. The molecule has 76 valence electrons. The first-order valence-electron chi connectivity index (χ1n) is 4.06. The topological polar surface area (TPSA) is 78.1 Å². The molecular weight excluding hydrogens is 206 g/mol. The van der Waals surface area contributed by atoms with Crippen molar-refractivity contribution in [1.82, 2.24) is 9.97 Å². The summed E-state index contributed by atoms with van der Waals surface area (Å²) < 4.78 is 4.73. The Kier molecular flexibility index (Phi) is 3.64. The quantitative estimate of drug-likeness (QED) is 0.756. The molecule has 1 aromatic rings. The lowest BCUT2D eigenvalue weighted by molar-refractivity contribution is -0.142. The van der Waals surface area contributed by atoms with Gasteiger partial charge in [-0.15, -0.1) is 0 Å². The Morgan fingerprint density at radius 1 is 1.71 bits per heavy atom. The van der Waals surface area contributed by atoms with Crippen LogP contribution >= 0.6 is 11.6 Å². The Bertz CT molecular complexity index is 343. The SMILES string of the molecule is CCOC(=O)Cc1nc(N)cnc1Cl. The van der Waals surface area contributed by atoms with E-state index in [0.29, 0.717) is 12.3 Å². The van der Waals surface area contributed by atoms with Crippen molar-refractivity contribution < 1.29 is 9.53 Å². The summed E-state index contributed by atoms with van der Waals surface area (Å²) >= 11 is 5.70. The van der Waals surface area contributed by atoms with Gasteiger partial charge < -0.3 is 10.5 Å². The Morgan fingerprint density at radius 2 is 2.43 bits per heavy atom. The molecular formula is C8H10ClN3O2. The highest BCUT2D eigenvalue weighted by Gasteiger charge is 2.10. The second-order valence-electron chi connectivity index (χ2n) is 2.51. The van der Waals surface area contributed by atoms with Crippen LogP contribution in [0.4, 0.5) is 5.82 Å². The van der Waals surface area contributed by atoms with Crippen LogP contribution in [0.25, 0.3) is 0 Å². The molecule has 0 unspecified atom stereocenters. The molecule has 1 heterocycles. The lowest BCUT2D eigenvalue weighted by Crippen LogP contribution is -2.10. The number of anilines is 1. The number of esters is 1. The Hall–Kier alpha value is -1.36. The van der Waals surface area contributed by atoms with Crippen LogP contribution in [-0.2, 0) is 16.0 Å². The summed E-state index contributed by atoms with van der Waals surface area (Å²) in [5.41, 5.74) is 5.73. The van der Waals surface area contributed by atoms with E-state index >= 15 is 0 Å². The molecule has 0 saturated carbocycles. The fraction of sp³-hybridized carbons (Fsp3) is 0.375. The minimum atomic E-state index is -0.394. The van der Waals surface area contributed by atoms with Crippen molar-refractivity contribution in [1.29, 1.82) is 0 Å². The molecule has 6 heteroatoms. The number of aromatic nitrogens is 2. The van der Waals surface area contributed by atoms with E-state index in [2.05, 4.69) is 9.97 Å². The number of nitrogens with zero attached hydrogens (tertiary/aromatic N) is 2. The van der Waals surface area contributed by atoms with Crippen molar-refractivity contribution in [2.24, 2.45) is 0 Å². The molecule has 0 aliphatic rings. The van der Waals surface area contributed by atoms with Gasteiger partial charge >= 0.3 is 5.97 Å². The minimum absolute atomic E-state index is 0.00921. The number of hydrogen-bond donors (Lipinski definition) is 1. The molecule has 0 bridgehead atoms. The van der Waals surface area contributed by atoms with Crippen LogP contribution in [0.1, 0.15) is 12.6 Å². The number of halogens is 1. The molecule has 5 nitrogen and oxygen atoms in total. The van der Waals surface area contributed by atoms with Gasteiger partial charge in [-0.2, -0.15) is 0 Å². The maximum Gasteiger partial charge on any atom is 0.311 e. The van der Waals surface area contributed by atoms with Gasteiger partial charge in [0, 0.05) is 0 Å². The molecule has 2 N–H and O–H groups in total. The fourth-order valence-electron chi connectivity index (χ4n) is 0.889. The van der Waals surface area contributed by atoms with E-state index in [0.717, 1.165) is 0 Å². The van der Waals surface area contributed by atoms with Crippen molar-refractivity contribution in [3.05, 3.63) is 17.0 Å². The van der Waals surface area contributed by atoms with Gasteiger partial charge in [0.1, 0.15) is 5.82 Å². The zero-order valence-corrected chi connectivity index (χ0v) is 8.41. The molecule has 0 saturated heterocycles. The van der Waals surface area contributed by atoms with Crippen molar-refractivity contribution in [3.8, 4) is 0 Å². The maximum atomic E-state index is 11.1. The van der Waals surface area contributed by atoms with Crippen molar-refractivity contribution in [3.63, 3.8) is 0 Å². The van der Waals surface area contributed by atoms with Crippen molar-refractivity contribution in [2.75, 3.05) is 12.3 Å². The van der Waals surface area contributed by atoms with E-state index in [4.69, 9.17) is 22.1 Å². The molecule has 0 amide bonds. The Labute approximate surface area is 86.2 Å². The molecule has 1 rings (SSSR count). The van der Waals surface area contributed by atoms with Crippen LogP contribution in [0.2, 0.25) is 5.15 Å². The summed E-state index contributed by atoms with van der Waals surface area (Å²) in [5, 5.41) is 0.173. The predicted octanol–water partition coefficient (Wildman–Crippen LogP) is 0.818. The van der Waals surface area contributed by atoms with Crippen LogP contribution in [0.5, 0.6) is 0 Å². The molecule has 14 heavy (non-hydrogen) atoms. The Balaban J connectivity index is 2.75. The highest BCUT2D eigenvalue weighted by atomic mass is 35.5. The van der Waals surface area contributed by atoms with E-state index < -0.39 is 5.97 Å². The van der Waals surface area contributed by atoms with Gasteiger partial charge in [0.25, 0.3) is 0 Å². The molecule has 0 aliphatic carbocycles. The van der Waals surface area contributed by atoms with Crippen molar-refractivity contribution >= 4 is 23.4 Å². The number of ether oxygens (including phenoxy) is 1. The van der Waals surface area contributed by atoms with E-state index in [1.54, 1.807) is 6.92 Å². The summed E-state index contributed by atoms with van der Waals surface area (Å²) in [7, 11) is 0. The summed E-state index contributed by atoms with van der Waals surface area (Å²) in [4.78, 5) is 18.7. The maximum absolute atomic E-state index is 11.1. The zero-order valence-electron chi connectivity index (χ0n) is 7.66. The van der Waals surface area contributed by atoms with E-state index in [-0.39, 0.29) is 17.4 Å². The van der Waals surface area contributed by atoms with Gasteiger partial charge in [0.15, 0.2) is 5.15 Å². The number of carbonyl (C=O) groups is 1. The third kappa shape index (κ3) is 2.85. The van der Waals surface area contributed by atoms with E-state index in [9.17, 15) is 4.79 Å². The van der Waals surface area contributed by atoms with Gasteiger partial charge in [0.2, 0.25) is 0 Å². The average molecular weight is 216 g/mol. The number of nitrogens with two attached hydrogens (primary N) is 1. The highest BCUT2D eigenvalue weighted by molar-refractivity contribution is 6.30. The first-order chi connectivity index (χ1) is 6.63. The first-order valence-corrected chi connectivity index (χ1v) is 4.43. The predicted molar refractivity (Wildman–Crippen MR) is 51.8 cm³/mol. The molecule has 1 aromatic heterocycles. The lowest BCUT2D eigenvalue weighted by Gasteiger charge is -2.03. The number of rotatable bonds is 3. The van der Waals surface area contributed by atoms with Crippen LogP contribution < -0.4 is 5.73 Å². The first kappa shape index (κ1) is 10.7. The largest absolute Gasteiger partial charge is 0.466 e. The summed E-state index contributed by atoms with van der Waals surface area (Å²) in [6, 6.07) is 0. The van der Waals surface area contributed by atoms with Gasteiger partial charge in [-0.1, -0.05) is 11.6 Å². The smallest absolute Gasteiger partial charge is 0.311 e. The molecule has 0 fully saturated rings. The second-order valence-corrected chi connectivity index (χ2v) is 2.87. The monoisotopic (exact) mass is 215 g/mol. The van der Waals surface area contributed by atoms with E-state index in [1.165, 1.54) is 6.20 Å². The fourth-order valence-corrected chi connectivity index (χ4v) is 1.05. The lowest BCUT2D eigenvalue weighted by atomic mass is 10.3. The van der Waals surface area contributed by atoms with E-state index in [1.807, 2.05) is 0 Å². The van der Waals surface area contributed by atoms with Crippen LogP contribution in [0.15, 0.2) is 6.20 Å². The van der Waals surface area contributed by atoms with Crippen molar-refractivity contribution in [2.45, 2.75) is 13.3 Å². The third-order valence-corrected chi connectivity index (χ3v) is 1.75. The van der Waals surface area contributed by atoms with Gasteiger partial charge in [-0.05, 0) is 6.92 Å². The van der Waals surface area contributed by atoms with Gasteiger partial charge in [-0.3, -0.25) is 4.79 Å². The molecule has 0 spiro atoms. The standard InChI is InChI=1S/C8H10ClN3O2/c1-2-14-7(13)3-5-8(9)11-4-6(10)12-5/h4H,2-3H2,1H3,(H2,10,12). The normalized spacial score (nSPS) is 9.86. The Morgan fingerprint density at radius 3 is 3.07 bits per heavy atom. The summed E-state index contributed by atoms with van der Waals surface area (Å²) in [6.45, 7) is 2.05. The van der Waals surface area contributed by atoms with Gasteiger partial charge in [0.05, 0.1) is 24.9 Å². The van der Waals surface area contributed by atoms with Gasteiger partial charge in [-0.25, -0.2) is 9.97 Å². The number of carbonyl (C=O) groups excluding carboxylic acids is 1. The second kappa shape index (κ2) is 4.76. The summed E-state index contributed by atoms with van der Waals surface area (Å²) in [5.74, 6) is -0.164. The highest BCUT2D eigenvalue weighted by Crippen LogP contribution is 2.12. The molecule has 0 radical (unpaired) electrons. The molecule has 0 aliphatic heterocycles. The summed E-state index contributed by atoms with van der Waals surface area (Å²) in [6.07, 6.45) is 1.32. The van der Waals surface area contributed by atoms with Crippen LogP contribution in [0.3, 0.4) is 0 Å². The molecule has 0 atom stereocenters.